The molecule has 1 aromatic carbocycles. The molecule has 0 fully saturated rings. The van der Waals surface area contributed by atoms with E-state index in [1.54, 1.807) is 6.07 Å². The Morgan fingerprint density at radius 2 is 2.00 bits per heavy atom. The standard InChI is InChI=1S/C13H15FN2/c1-8(2)12-7-13(15-3)10-6-9(14)4-5-11(10)16-12/h4-8H,1-3H3,(H,15,16). The Morgan fingerprint density at radius 1 is 1.25 bits per heavy atom. The van der Waals surface area contributed by atoms with Crippen molar-refractivity contribution in [1.29, 1.82) is 0 Å². The summed E-state index contributed by atoms with van der Waals surface area (Å²) in [5, 5.41) is 3.91. The molecular formula is C13H15FN2. The van der Waals surface area contributed by atoms with E-state index in [-0.39, 0.29) is 5.82 Å². The minimum atomic E-state index is -0.233. The Labute approximate surface area is 94.5 Å². The number of pyridine rings is 1. The van der Waals surface area contributed by atoms with Crippen molar-refractivity contribution in [1.82, 2.24) is 4.98 Å². The van der Waals surface area contributed by atoms with Gasteiger partial charge in [0.15, 0.2) is 0 Å². The maximum atomic E-state index is 13.2. The topological polar surface area (TPSA) is 24.9 Å². The smallest absolute Gasteiger partial charge is 0.124 e. The lowest BCUT2D eigenvalue weighted by molar-refractivity contribution is 0.629. The third-order valence-electron chi connectivity index (χ3n) is 2.65. The van der Waals surface area contributed by atoms with Gasteiger partial charge in [-0.25, -0.2) is 4.39 Å². The number of anilines is 1. The van der Waals surface area contributed by atoms with Crippen molar-refractivity contribution in [2.45, 2.75) is 19.8 Å². The van der Waals surface area contributed by atoms with Gasteiger partial charge in [0.1, 0.15) is 5.82 Å². The Bertz CT molecular complexity index is 521. The fraction of sp³-hybridized carbons (Fsp3) is 0.308. The summed E-state index contributed by atoms with van der Waals surface area (Å²) in [6, 6.07) is 6.65. The fourth-order valence-electron chi connectivity index (χ4n) is 1.72. The first kappa shape index (κ1) is 10.9. The zero-order valence-electron chi connectivity index (χ0n) is 9.71. The van der Waals surface area contributed by atoms with Crippen LogP contribution in [-0.2, 0) is 0 Å². The van der Waals surface area contributed by atoms with Crippen LogP contribution in [0.1, 0.15) is 25.5 Å². The highest BCUT2D eigenvalue weighted by Crippen LogP contribution is 2.26. The van der Waals surface area contributed by atoms with E-state index in [1.165, 1.54) is 12.1 Å². The van der Waals surface area contributed by atoms with Crippen LogP contribution in [-0.4, -0.2) is 12.0 Å². The molecule has 2 aromatic rings. The first-order valence-corrected chi connectivity index (χ1v) is 5.39. The molecule has 0 amide bonds. The average Bonchev–Trinajstić information content (AvgIpc) is 2.27. The number of aromatic nitrogens is 1. The lowest BCUT2D eigenvalue weighted by atomic mass is 10.1. The number of benzene rings is 1. The first-order chi connectivity index (χ1) is 7.61. The van der Waals surface area contributed by atoms with E-state index in [0.717, 1.165) is 22.3 Å². The van der Waals surface area contributed by atoms with Crippen molar-refractivity contribution in [2.75, 3.05) is 12.4 Å². The third kappa shape index (κ3) is 1.85. The number of nitrogens with one attached hydrogen (secondary N) is 1. The van der Waals surface area contributed by atoms with Gasteiger partial charge in [-0.15, -0.1) is 0 Å². The fourth-order valence-corrected chi connectivity index (χ4v) is 1.72. The Hall–Kier alpha value is -1.64. The molecule has 0 saturated heterocycles. The minimum absolute atomic E-state index is 0.233. The quantitative estimate of drug-likeness (QED) is 0.834. The maximum Gasteiger partial charge on any atom is 0.124 e. The van der Waals surface area contributed by atoms with Crippen LogP contribution in [0.5, 0.6) is 0 Å². The van der Waals surface area contributed by atoms with Crippen LogP contribution in [0.3, 0.4) is 0 Å². The van der Waals surface area contributed by atoms with Crippen LogP contribution in [0.15, 0.2) is 24.3 Å². The number of rotatable bonds is 2. The molecule has 0 bridgehead atoms. The summed E-state index contributed by atoms with van der Waals surface area (Å²) < 4.78 is 13.2. The molecule has 1 heterocycles. The molecule has 16 heavy (non-hydrogen) atoms. The zero-order chi connectivity index (χ0) is 11.7. The summed E-state index contributed by atoms with van der Waals surface area (Å²) in [7, 11) is 1.84. The van der Waals surface area contributed by atoms with Gasteiger partial charge in [0, 0.05) is 23.8 Å². The van der Waals surface area contributed by atoms with Crippen LogP contribution in [0.4, 0.5) is 10.1 Å². The highest BCUT2D eigenvalue weighted by molar-refractivity contribution is 5.91. The monoisotopic (exact) mass is 218 g/mol. The average molecular weight is 218 g/mol. The van der Waals surface area contributed by atoms with E-state index in [2.05, 4.69) is 24.1 Å². The molecule has 0 atom stereocenters. The molecular weight excluding hydrogens is 203 g/mol. The van der Waals surface area contributed by atoms with Crippen molar-refractivity contribution < 1.29 is 4.39 Å². The van der Waals surface area contributed by atoms with Crippen molar-refractivity contribution >= 4 is 16.6 Å². The van der Waals surface area contributed by atoms with Crippen molar-refractivity contribution in [3.63, 3.8) is 0 Å². The molecule has 1 aromatic heterocycles. The molecule has 0 saturated carbocycles. The molecule has 0 aliphatic heterocycles. The van der Waals surface area contributed by atoms with Gasteiger partial charge < -0.3 is 5.32 Å². The Morgan fingerprint density at radius 3 is 2.62 bits per heavy atom. The third-order valence-corrected chi connectivity index (χ3v) is 2.65. The Balaban J connectivity index is 2.73. The largest absolute Gasteiger partial charge is 0.388 e. The summed E-state index contributed by atoms with van der Waals surface area (Å²) in [6.07, 6.45) is 0. The number of hydrogen-bond acceptors (Lipinski definition) is 2. The molecule has 0 aliphatic carbocycles. The van der Waals surface area contributed by atoms with E-state index in [0.29, 0.717) is 5.92 Å². The van der Waals surface area contributed by atoms with Gasteiger partial charge in [-0.1, -0.05) is 13.8 Å². The van der Waals surface area contributed by atoms with Gasteiger partial charge in [0.2, 0.25) is 0 Å². The van der Waals surface area contributed by atoms with E-state index < -0.39 is 0 Å². The Kier molecular flexibility index (Phi) is 2.77. The molecule has 0 unspecified atom stereocenters. The van der Waals surface area contributed by atoms with Gasteiger partial charge in [-0.3, -0.25) is 4.98 Å². The van der Waals surface area contributed by atoms with E-state index in [1.807, 2.05) is 13.1 Å². The number of halogens is 1. The summed E-state index contributed by atoms with van der Waals surface area (Å²) in [4.78, 5) is 4.52. The summed E-state index contributed by atoms with van der Waals surface area (Å²) in [5.74, 6) is 0.129. The highest BCUT2D eigenvalue weighted by Gasteiger charge is 2.08. The molecule has 0 radical (unpaired) electrons. The van der Waals surface area contributed by atoms with E-state index in [9.17, 15) is 4.39 Å². The van der Waals surface area contributed by atoms with E-state index in [4.69, 9.17) is 0 Å². The number of fused-ring (bicyclic) bond motifs is 1. The van der Waals surface area contributed by atoms with Crippen LogP contribution in [0, 0.1) is 5.82 Å². The van der Waals surface area contributed by atoms with Crippen molar-refractivity contribution in [3.8, 4) is 0 Å². The molecule has 3 heteroatoms. The summed E-state index contributed by atoms with van der Waals surface area (Å²) >= 11 is 0. The van der Waals surface area contributed by atoms with Crippen LogP contribution >= 0.6 is 0 Å². The van der Waals surface area contributed by atoms with Crippen LogP contribution in [0.2, 0.25) is 0 Å². The van der Waals surface area contributed by atoms with Gasteiger partial charge >= 0.3 is 0 Å². The second-order valence-electron chi connectivity index (χ2n) is 4.16. The zero-order valence-corrected chi connectivity index (χ0v) is 9.71. The molecule has 0 spiro atoms. The molecule has 1 N–H and O–H groups in total. The molecule has 2 nitrogen and oxygen atoms in total. The van der Waals surface area contributed by atoms with Gasteiger partial charge in [0.25, 0.3) is 0 Å². The van der Waals surface area contributed by atoms with Crippen LogP contribution < -0.4 is 5.32 Å². The summed E-state index contributed by atoms with van der Waals surface area (Å²) in [6.45, 7) is 4.19. The number of nitrogens with zero attached hydrogens (tertiary/aromatic N) is 1. The minimum Gasteiger partial charge on any atom is -0.388 e. The number of hydrogen-bond donors (Lipinski definition) is 1. The van der Waals surface area contributed by atoms with Gasteiger partial charge in [0.05, 0.1) is 5.52 Å². The molecule has 2 rings (SSSR count). The highest BCUT2D eigenvalue weighted by atomic mass is 19.1. The normalized spacial score (nSPS) is 11.1. The second kappa shape index (κ2) is 4.08. The van der Waals surface area contributed by atoms with Crippen molar-refractivity contribution in [3.05, 3.63) is 35.8 Å². The SMILES string of the molecule is CNc1cc(C(C)C)nc2ccc(F)cc12. The van der Waals surface area contributed by atoms with Crippen molar-refractivity contribution in [2.24, 2.45) is 0 Å². The lowest BCUT2D eigenvalue weighted by Gasteiger charge is -2.11. The maximum absolute atomic E-state index is 13.2. The molecule has 84 valence electrons. The van der Waals surface area contributed by atoms with Gasteiger partial charge in [-0.05, 0) is 30.2 Å². The predicted octanol–water partition coefficient (Wildman–Crippen LogP) is 3.54. The van der Waals surface area contributed by atoms with Gasteiger partial charge in [-0.2, -0.15) is 0 Å². The molecule has 0 aliphatic rings. The second-order valence-corrected chi connectivity index (χ2v) is 4.16. The van der Waals surface area contributed by atoms with E-state index >= 15 is 0 Å². The lowest BCUT2D eigenvalue weighted by Crippen LogP contribution is -1.98. The predicted molar refractivity (Wildman–Crippen MR) is 65.3 cm³/mol. The first-order valence-electron chi connectivity index (χ1n) is 5.39. The summed E-state index contributed by atoms with van der Waals surface area (Å²) in [5.41, 5.74) is 2.77. The van der Waals surface area contributed by atoms with Crippen LogP contribution in [0.25, 0.3) is 10.9 Å².